The normalized spacial score (nSPS) is 20.8. The Kier molecular flexibility index (Phi) is 3.97. The molecule has 1 unspecified atom stereocenters. The molecule has 0 aromatic heterocycles. The van der Waals surface area contributed by atoms with E-state index in [9.17, 15) is 4.79 Å². The van der Waals surface area contributed by atoms with E-state index in [1.54, 1.807) is 5.56 Å². The van der Waals surface area contributed by atoms with Crippen LogP contribution in [-0.4, -0.2) is 19.0 Å². The van der Waals surface area contributed by atoms with Gasteiger partial charge in [-0.15, -0.1) is 0 Å². The Labute approximate surface area is 119 Å². The van der Waals surface area contributed by atoms with E-state index < -0.39 is 0 Å². The van der Waals surface area contributed by atoms with Gasteiger partial charge in [-0.2, -0.15) is 4.99 Å². The van der Waals surface area contributed by atoms with Crippen LogP contribution in [0.5, 0.6) is 5.75 Å². The van der Waals surface area contributed by atoms with Gasteiger partial charge >= 0.3 is 0 Å². The second-order valence-electron chi connectivity index (χ2n) is 5.83. The van der Waals surface area contributed by atoms with Crippen LogP contribution in [0.1, 0.15) is 37.3 Å². The molecule has 1 aromatic carbocycles. The highest BCUT2D eigenvalue weighted by Gasteiger charge is 2.47. The molecule has 1 aliphatic carbocycles. The first kappa shape index (κ1) is 14.4. The molecular weight excluding hydrogens is 254 g/mol. The fourth-order valence-corrected chi connectivity index (χ4v) is 2.63. The lowest BCUT2D eigenvalue weighted by Gasteiger charge is -2.08. The van der Waals surface area contributed by atoms with Crippen molar-refractivity contribution < 1.29 is 9.53 Å². The van der Waals surface area contributed by atoms with Crippen LogP contribution >= 0.6 is 0 Å². The van der Waals surface area contributed by atoms with Gasteiger partial charge in [0.25, 0.3) is 0 Å². The van der Waals surface area contributed by atoms with Gasteiger partial charge in [0.15, 0.2) is 5.96 Å². The van der Waals surface area contributed by atoms with E-state index in [4.69, 9.17) is 16.2 Å². The number of carbonyl (C=O) groups is 1. The zero-order valence-corrected chi connectivity index (χ0v) is 11.9. The van der Waals surface area contributed by atoms with Gasteiger partial charge < -0.3 is 16.2 Å². The summed E-state index contributed by atoms with van der Waals surface area (Å²) in [7, 11) is 0. The number of hydrogen-bond acceptors (Lipinski definition) is 2. The molecule has 1 aliphatic heterocycles. The molecule has 4 N–H and O–H groups in total. The van der Waals surface area contributed by atoms with Crippen LogP contribution in [0.2, 0.25) is 0 Å². The number of nitrogens with zero attached hydrogens (tertiary/aromatic N) is 1. The van der Waals surface area contributed by atoms with Gasteiger partial charge in [-0.05, 0) is 29.4 Å². The number of ether oxygens (including phenoxy) is 1. The molecule has 0 spiro atoms. The summed E-state index contributed by atoms with van der Waals surface area (Å²) in [6, 6.07) is 6.52. The number of guanidine groups is 1. The van der Waals surface area contributed by atoms with Gasteiger partial charge in [0, 0.05) is 12.0 Å². The number of hydrogen-bond donors (Lipinski definition) is 2. The Balaban J connectivity index is 0.000000212. The van der Waals surface area contributed by atoms with Gasteiger partial charge in [-0.3, -0.25) is 4.79 Å². The SMILES string of the molecule is CC1(C)CC1c1cccc2c1CCO2.NC(N)=NC=O. The highest BCUT2D eigenvalue weighted by atomic mass is 16.5. The minimum atomic E-state index is -0.204. The lowest BCUT2D eigenvalue weighted by Crippen LogP contribution is -2.22. The molecular formula is C15H21N3O2. The molecule has 20 heavy (non-hydrogen) atoms. The molecule has 1 fully saturated rings. The van der Waals surface area contributed by atoms with Gasteiger partial charge in [-0.25, -0.2) is 0 Å². The maximum atomic E-state index is 9.27. The second-order valence-corrected chi connectivity index (χ2v) is 5.83. The smallest absolute Gasteiger partial charge is 0.236 e. The highest BCUT2D eigenvalue weighted by molar-refractivity contribution is 5.82. The van der Waals surface area contributed by atoms with E-state index in [0.717, 1.165) is 24.7 Å². The van der Waals surface area contributed by atoms with Gasteiger partial charge in [-0.1, -0.05) is 26.0 Å². The standard InChI is InChI=1S/C13H16O.C2H5N3O/c1-13(2)8-11(13)9-4-3-5-12-10(9)6-7-14-12;3-2(4)5-1-6/h3-5,11H,6-8H2,1-2H3;1H,(H4,3,4,5,6). The Hall–Kier alpha value is -2.04. The fraction of sp³-hybridized carbons (Fsp3) is 0.467. The average molecular weight is 275 g/mol. The zero-order chi connectivity index (χ0) is 14.8. The molecule has 3 rings (SSSR count). The lowest BCUT2D eigenvalue weighted by molar-refractivity contribution is -0.106. The van der Waals surface area contributed by atoms with Gasteiger partial charge in [0.2, 0.25) is 6.41 Å². The molecule has 1 amide bonds. The molecule has 2 aliphatic rings. The van der Waals surface area contributed by atoms with Crippen molar-refractivity contribution in [1.29, 1.82) is 0 Å². The van der Waals surface area contributed by atoms with Crippen molar-refractivity contribution in [2.45, 2.75) is 32.6 Å². The maximum absolute atomic E-state index is 9.27. The van der Waals surface area contributed by atoms with E-state index in [1.807, 2.05) is 0 Å². The number of fused-ring (bicyclic) bond motifs is 1. The predicted molar refractivity (Wildman–Crippen MR) is 78.7 cm³/mol. The number of benzene rings is 1. The summed E-state index contributed by atoms with van der Waals surface area (Å²) < 4.78 is 5.59. The molecule has 5 nitrogen and oxygen atoms in total. The van der Waals surface area contributed by atoms with Crippen molar-refractivity contribution in [3.05, 3.63) is 29.3 Å². The van der Waals surface area contributed by atoms with Crippen LogP contribution in [0.4, 0.5) is 0 Å². The van der Waals surface area contributed by atoms with E-state index in [-0.39, 0.29) is 12.4 Å². The van der Waals surface area contributed by atoms with Crippen LogP contribution in [-0.2, 0) is 11.2 Å². The topological polar surface area (TPSA) is 90.7 Å². The molecule has 0 radical (unpaired) electrons. The van der Waals surface area contributed by atoms with E-state index >= 15 is 0 Å². The number of nitrogens with two attached hydrogens (primary N) is 2. The van der Waals surface area contributed by atoms with Crippen LogP contribution < -0.4 is 16.2 Å². The Morgan fingerprint density at radius 2 is 2.15 bits per heavy atom. The van der Waals surface area contributed by atoms with Crippen molar-refractivity contribution >= 4 is 12.4 Å². The van der Waals surface area contributed by atoms with E-state index in [1.165, 1.54) is 12.0 Å². The van der Waals surface area contributed by atoms with Crippen LogP contribution in [0.25, 0.3) is 0 Å². The predicted octanol–water partition coefficient (Wildman–Crippen LogP) is 1.55. The maximum Gasteiger partial charge on any atom is 0.236 e. The Morgan fingerprint density at radius 1 is 1.45 bits per heavy atom. The summed E-state index contributed by atoms with van der Waals surface area (Å²) in [4.78, 5) is 12.2. The van der Waals surface area contributed by atoms with Crippen molar-refractivity contribution in [1.82, 2.24) is 0 Å². The van der Waals surface area contributed by atoms with E-state index in [0.29, 0.717) is 5.41 Å². The minimum absolute atomic E-state index is 0.204. The third kappa shape index (κ3) is 3.10. The average Bonchev–Trinajstić information content (AvgIpc) is 2.81. The first-order valence-electron chi connectivity index (χ1n) is 6.72. The monoisotopic (exact) mass is 275 g/mol. The van der Waals surface area contributed by atoms with E-state index in [2.05, 4.69) is 37.0 Å². The first-order chi connectivity index (χ1) is 9.45. The van der Waals surface area contributed by atoms with Gasteiger partial charge in [0.05, 0.1) is 6.61 Å². The summed E-state index contributed by atoms with van der Waals surface area (Å²) in [5, 5.41) is 0. The third-order valence-electron chi connectivity index (χ3n) is 3.87. The fourth-order valence-electron chi connectivity index (χ4n) is 2.63. The van der Waals surface area contributed by atoms with Crippen molar-refractivity contribution in [2.24, 2.45) is 21.9 Å². The summed E-state index contributed by atoms with van der Waals surface area (Å²) in [5.41, 5.74) is 12.9. The van der Waals surface area contributed by atoms with Gasteiger partial charge in [0.1, 0.15) is 5.75 Å². The van der Waals surface area contributed by atoms with Crippen LogP contribution in [0.15, 0.2) is 23.2 Å². The molecule has 1 aromatic rings. The molecule has 1 saturated carbocycles. The summed E-state index contributed by atoms with van der Waals surface area (Å²) >= 11 is 0. The van der Waals surface area contributed by atoms with Crippen LogP contribution in [0.3, 0.4) is 0 Å². The zero-order valence-electron chi connectivity index (χ0n) is 11.9. The third-order valence-corrected chi connectivity index (χ3v) is 3.87. The highest BCUT2D eigenvalue weighted by Crippen LogP contribution is 2.60. The molecule has 108 valence electrons. The number of amides is 1. The Morgan fingerprint density at radius 3 is 2.65 bits per heavy atom. The van der Waals surface area contributed by atoms with Crippen molar-refractivity contribution in [3.8, 4) is 5.75 Å². The summed E-state index contributed by atoms with van der Waals surface area (Å²) in [5.74, 6) is 1.70. The van der Waals surface area contributed by atoms with Crippen LogP contribution in [0, 0.1) is 5.41 Å². The van der Waals surface area contributed by atoms with Crippen molar-refractivity contribution in [3.63, 3.8) is 0 Å². The molecule has 5 heteroatoms. The summed E-state index contributed by atoms with van der Waals surface area (Å²) in [6.45, 7) is 5.58. The molecule has 1 heterocycles. The first-order valence-corrected chi connectivity index (χ1v) is 6.72. The Bertz CT molecular complexity index is 534. The molecule has 0 saturated heterocycles. The molecule has 0 bridgehead atoms. The number of carbonyl (C=O) groups excluding carboxylic acids is 1. The van der Waals surface area contributed by atoms with Crippen molar-refractivity contribution in [2.75, 3.05) is 6.61 Å². The number of rotatable bonds is 2. The lowest BCUT2D eigenvalue weighted by atomic mass is 9.97. The minimum Gasteiger partial charge on any atom is -0.493 e. The largest absolute Gasteiger partial charge is 0.493 e. The quantitative estimate of drug-likeness (QED) is 0.487. The summed E-state index contributed by atoms with van der Waals surface area (Å²) in [6.07, 6.45) is 2.73. The molecule has 1 atom stereocenters. The number of aliphatic imine (C=N–C) groups is 1. The second kappa shape index (κ2) is 5.53.